The van der Waals surface area contributed by atoms with Crippen molar-refractivity contribution < 1.29 is 0 Å². The molecule has 0 fully saturated rings. The second-order valence-electron chi connectivity index (χ2n) is 4.89. The van der Waals surface area contributed by atoms with E-state index in [0.717, 1.165) is 6.42 Å². The SMILES string of the molecule is C[Si](C)(C)c1cc(Br)c2c(c1)CC=C2. The monoisotopic (exact) mass is 266 g/mol. The molecule has 1 aliphatic rings. The Hall–Kier alpha value is -0.343. The zero-order valence-corrected chi connectivity index (χ0v) is 11.5. The third-order valence-corrected chi connectivity index (χ3v) is 5.38. The van der Waals surface area contributed by atoms with Crippen molar-refractivity contribution in [1.82, 2.24) is 0 Å². The lowest BCUT2D eigenvalue weighted by Crippen LogP contribution is -2.37. The summed E-state index contributed by atoms with van der Waals surface area (Å²) in [6, 6.07) is 4.70. The fraction of sp³-hybridized carbons (Fsp3) is 0.333. The van der Waals surface area contributed by atoms with Crippen molar-refractivity contribution in [1.29, 1.82) is 0 Å². The summed E-state index contributed by atoms with van der Waals surface area (Å²) in [6.45, 7) is 7.18. The maximum atomic E-state index is 3.66. The van der Waals surface area contributed by atoms with Crippen molar-refractivity contribution in [2.24, 2.45) is 0 Å². The Morgan fingerprint density at radius 2 is 1.93 bits per heavy atom. The highest BCUT2D eigenvalue weighted by molar-refractivity contribution is 9.10. The van der Waals surface area contributed by atoms with Crippen molar-refractivity contribution in [2.75, 3.05) is 0 Å². The van der Waals surface area contributed by atoms with E-state index in [0.29, 0.717) is 0 Å². The van der Waals surface area contributed by atoms with Crippen LogP contribution in [0.3, 0.4) is 0 Å². The van der Waals surface area contributed by atoms with Crippen LogP contribution in [0.25, 0.3) is 6.08 Å². The molecule has 1 aromatic rings. The lowest BCUT2D eigenvalue weighted by molar-refractivity contribution is 1.31. The lowest BCUT2D eigenvalue weighted by Gasteiger charge is -2.18. The van der Waals surface area contributed by atoms with Gasteiger partial charge >= 0.3 is 0 Å². The molecule has 74 valence electrons. The van der Waals surface area contributed by atoms with E-state index in [9.17, 15) is 0 Å². The van der Waals surface area contributed by atoms with Gasteiger partial charge in [-0.05, 0) is 23.6 Å². The van der Waals surface area contributed by atoms with Gasteiger partial charge in [0.15, 0.2) is 0 Å². The van der Waals surface area contributed by atoms with Crippen molar-refractivity contribution in [3.8, 4) is 0 Å². The van der Waals surface area contributed by atoms with Crippen LogP contribution in [0.2, 0.25) is 19.6 Å². The smallest absolute Gasteiger partial charge is 0.0776 e. The van der Waals surface area contributed by atoms with Crippen molar-refractivity contribution in [3.63, 3.8) is 0 Å². The molecule has 0 unspecified atom stereocenters. The highest BCUT2D eigenvalue weighted by Gasteiger charge is 2.19. The van der Waals surface area contributed by atoms with Crippen molar-refractivity contribution in [2.45, 2.75) is 26.1 Å². The van der Waals surface area contributed by atoms with E-state index in [2.05, 4.69) is 59.9 Å². The summed E-state index contributed by atoms with van der Waals surface area (Å²) in [6.07, 6.45) is 5.56. The lowest BCUT2D eigenvalue weighted by atomic mass is 10.1. The first kappa shape index (κ1) is 10.2. The van der Waals surface area contributed by atoms with Crippen LogP contribution in [0, 0.1) is 0 Å². The van der Waals surface area contributed by atoms with Gasteiger partial charge in [0.1, 0.15) is 0 Å². The predicted molar refractivity (Wildman–Crippen MR) is 69.9 cm³/mol. The Kier molecular flexibility index (Phi) is 2.44. The molecule has 0 spiro atoms. The topological polar surface area (TPSA) is 0 Å². The minimum atomic E-state index is -1.17. The third-order valence-electron chi connectivity index (χ3n) is 2.70. The van der Waals surface area contributed by atoms with Gasteiger partial charge in [0.2, 0.25) is 0 Å². The Bertz CT molecular complexity index is 400. The Morgan fingerprint density at radius 3 is 2.57 bits per heavy atom. The summed E-state index contributed by atoms with van der Waals surface area (Å²) in [7, 11) is -1.17. The van der Waals surface area contributed by atoms with Crippen LogP contribution in [0.15, 0.2) is 22.7 Å². The van der Waals surface area contributed by atoms with E-state index in [-0.39, 0.29) is 0 Å². The first-order chi connectivity index (χ1) is 6.48. The van der Waals surface area contributed by atoms with Crippen molar-refractivity contribution in [3.05, 3.63) is 33.8 Å². The molecule has 0 aliphatic heterocycles. The highest BCUT2D eigenvalue weighted by atomic mass is 79.9. The first-order valence-corrected chi connectivity index (χ1v) is 9.27. The normalized spacial score (nSPS) is 14.6. The van der Waals surface area contributed by atoms with Gasteiger partial charge < -0.3 is 0 Å². The maximum absolute atomic E-state index is 3.66. The molecule has 0 bridgehead atoms. The zero-order chi connectivity index (χ0) is 10.3. The molecule has 0 saturated heterocycles. The molecule has 14 heavy (non-hydrogen) atoms. The fourth-order valence-corrected chi connectivity index (χ4v) is 3.80. The van der Waals surface area contributed by atoms with Crippen LogP contribution >= 0.6 is 15.9 Å². The van der Waals surface area contributed by atoms with Crippen LogP contribution < -0.4 is 5.19 Å². The summed E-state index contributed by atoms with van der Waals surface area (Å²) >= 11 is 3.66. The van der Waals surface area contributed by atoms with Crippen LogP contribution in [-0.2, 0) is 6.42 Å². The molecule has 0 amide bonds. The number of halogens is 1. The molecule has 2 rings (SSSR count). The van der Waals surface area contributed by atoms with E-state index in [1.807, 2.05) is 0 Å². The van der Waals surface area contributed by atoms with Crippen LogP contribution in [0.1, 0.15) is 11.1 Å². The molecule has 0 aromatic heterocycles. The standard InChI is InChI=1S/C12H15BrSi/c1-14(2,3)10-7-9-5-4-6-11(9)12(13)8-10/h4,6-8H,5H2,1-3H3. The minimum Gasteiger partial charge on any atom is -0.0795 e. The number of hydrogen-bond donors (Lipinski definition) is 0. The van der Waals surface area contributed by atoms with E-state index in [1.165, 1.54) is 15.6 Å². The molecule has 0 heterocycles. The minimum absolute atomic E-state index is 1.10. The molecule has 0 nitrogen and oxygen atoms in total. The molecule has 0 atom stereocenters. The zero-order valence-electron chi connectivity index (χ0n) is 8.89. The van der Waals surface area contributed by atoms with E-state index in [4.69, 9.17) is 0 Å². The number of benzene rings is 1. The van der Waals surface area contributed by atoms with Crippen LogP contribution in [0.5, 0.6) is 0 Å². The average Bonchev–Trinajstić information content (AvgIpc) is 2.50. The molecule has 1 aliphatic carbocycles. The Morgan fingerprint density at radius 1 is 1.21 bits per heavy atom. The first-order valence-electron chi connectivity index (χ1n) is 4.98. The van der Waals surface area contributed by atoms with Crippen LogP contribution in [-0.4, -0.2) is 8.07 Å². The quantitative estimate of drug-likeness (QED) is 0.682. The molecular formula is C12H15BrSi. The second-order valence-corrected chi connectivity index (χ2v) is 10.8. The van der Waals surface area contributed by atoms with Gasteiger partial charge in [-0.15, -0.1) is 0 Å². The molecule has 1 aromatic carbocycles. The van der Waals surface area contributed by atoms with E-state index in [1.54, 1.807) is 5.19 Å². The van der Waals surface area contributed by atoms with Crippen LogP contribution in [0.4, 0.5) is 0 Å². The van der Waals surface area contributed by atoms with Gasteiger partial charge in [-0.3, -0.25) is 0 Å². The molecule has 0 radical (unpaired) electrons. The Balaban J connectivity index is 2.55. The summed E-state index contributed by atoms with van der Waals surface area (Å²) < 4.78 is 1.26. The number of allylic oxidation sites excluding steroid dienone is 1. The predicted octanol–water partition coefficient (Wildman–Crippen LogP) is 3.56. The molecule has 0 N–H and O–H groups in total. The summed E-state index contributed by atoms with van der Waals surface area (Å²) in [5, 5.41) is 1.55. The number of fused-ring (bicyclic) bond motifs is 1. The third kappa shape index (κ3) is 1.73. The number of rotatable bonds is 1. The summed E-state index contributed by atoms with van der Waals surface area (Å²) in [4.78, 5) is 0. The van der Waals surface area contributed by atoms with Gasteiger partial charge in [-0.2, -0.15) is 0 Å². The highest BCUT2D eigenvalue weighted by Crippen LogP contribution is 2.27. The second kappa shape index (κ2) is 3.35. The number of hydrogen-bond acceptors (Lipinski definition) is 0. The van der Waals surface area contributed by atoms with Gasteiger partial charge in [-0.1, -0.05) is 59.0 Å². The van der Waals surface area contributed by atoms with Gasteiger partial charge in [0, 0.05) is 4.47 Å². The summed E-state index contributed by atoms with van der Waals surface area (Å²) in [5.74, 6) is 0. The van der Waals surface area contributed by atoms with Crippen molar-refractivity contribution >= 4 is 35.3 Å². The van der Waals surface area contributed by atoms with Gasteiger partial charge in [0.25, 0.3) is 0 Å². The van der Waals surface area contributed by atoms with E-state index >= 15 is 0 Å². The Labute approximate surface area is 95.2 Å². The largest absolute Gasteiger partial charge is 0.0795 e. The van der Waals surface area contributed by atoms with Gasteiger partial charge in [-0.25, -0.2) is 0 Å². The fourth-order valence-electron chi connectivity index (χ4n) is 1.77. The molecular weight excluding hydrogens is 252 g/mol. The van der Waals surface area contributed by atoms with E-state index < -0.39 is 8.07 Å². The molecule has 0 saturated carbocycles. The summed E-state index contributed by atoms with van der Waals surface area (Å²) in [5.41, 5.74) is 2.86. The molecule has 2 heteroatoms. The van der Waals surface area contributed by atoms with Gasteiger partial charge in [0.05, 0.1) is 8.07 Å². The maximum Gasteiger partial charge on any atom is 0.0776 e. The average molecular weight is 267 g/mol.